The Morgan fingerprint density at radius 1 is 1.17 bits per heavy atom. The molecule has 1 N–H and O–H groups in total. The topological polar surface area (TPSA) is 91.0 Å². The summed E-state index contributed by atoms with van der Waals surface area (Å²) in [6, 6.07) is 18.4. The number of amides is 2. The van der Waals surface area contributed by atoms with Crippen molar-refractivity contribution in [3.8, 4) is 6.07 Å². The van der Waals surface area contributed by atoms with Crippen molar-refractivity contribution in [2.75, 3.05) is 11.4 Å². The van der Waals surface area contributed by atoms with Crippen LogP contribution in [0.4, 0.5) is 5.69 Å². The van der Waals surface area contributed by atoms with Crippen molar-refractivity contribution in [2.24, 2.45) is 0 Å². The van der Waals surface area contributed by atoms with Gasteiger partial charge in [0.15, 0.2) is 0 Å². The quantitative estimate of drug-likeness (QED) is 0.688. The Morgan fingerprint density at radius 2 is 1.93 bits per heavy atom. The normalized spacial score (nSPS) is 15.8. The van der Waals surface area contributed by atoms with E-state index in [9.17, 15) is 9.59 Å². The summed E-state index contributed by atoms with van der Waals surface area (Å²) in [5.41, 5.74) is 3.23. The first-order valence-electron chi connectivity index (χ1n) is 9.78. The van der Waals surface area contributed by atoms with Gasteiger partial charge >= 0.3 is 0 Å². The number of carbonyl (C=O) groups excluding carboxylic acids is 2. The number of benzene rings is 2. The summed E-state index contributed by atoms with van der Waals surface area (Å²) in [6.07, 6.45) is 4.07. The van der Waals surface area contributed by atoms with E-state index in [1.807, 2.05) is 47.0 Å². The van der Waals surface area contributed by atoms with Gasteiger partial charge in [-0.3, -0.25) is 9.59 Å². The fourth-order valence-electron chi connectivity index (χ4n) is 3.61. The maximum atomic E-state index is 12.7. The molecule has 7 nitrogen and oxygen atoms in total. The standard InChI is InChI=1S/C23H21N5O2/c24-13-17-6-8-18(9-7-17)15-27-16-25-14-20(27)12-22(29)26-21-10-11-28(23(21)30)19-4-2-1-3-5-19/h1-9,14,16,21H,10-12,15H2,(H,26,29). The monoisotopic (exact) mass is 399 g/mol. The number of para-hydroxylation sites is 1. The van der Waals surface area contributed by atoms with Gasteiger partial charge in [-0.15, -0.1) is 0 Å². The van der Waals surface area contributed by atoms with E-state index in [-0.39, 0.29) is 18.2 Å². The number of anilines is 1. The van der Waals surface area contributed by atoms with Gasteiger partial charge in [-0.1, -0.05) is 30.3 Å². The molecule has 1 fully saturated rings. The Morgan fingerprint density at radius 3 is 2.67 bits per heavy atom. The van der Waals surface area contributed by atoms with Gasteiger partial charge in [-0.2, -0.15) is 5.26 Å². The van der Waals surface area contributed by atoms with Gasteiger partial charge in [-0.25, -0.2) is 4.98 Å². The lowest BCUT2D eigenvalue weighted by Gasteiger charge is -2.17. The van der Waals surface area contributed by atoms with Crippen LogP contribution >= 0.6 is 0 Å². The largest absolute Gasteiger partial charge is 0.344 e. The molecule has 1 aliphatic rings. The van der Waals surface area contributed by atoms with Crippen LogP contribution < -0.4 is 10.2 Å². The van der Waals surface area contributed by atoms with Crippen molar-refractivity contribution in [2.45, 2.75) is 25.4 Å². The van der Waals surface area contributed by atoms with E-state index in [0.29, 0.717) is 25.1 Å². The number of imidazole rings is 1. The van der Waals surface area contributed by atoms with Crippen LogP contribution in [0.2, 0.25) is 0 Å². The predicted octanol–water partition coefficient (Wildman–Crippen LogP) is 2.27. The Hall–Kier alpha value is -3.92. The second kappa shape index (κ2) is 8.62. The minimum Gasteiger partial charge on any atom is -0.344 e. The van der Waals surface area contributed by atoms with Gasteiger partial charge < -0.3 is 14.8 Å². The van der Waals surface area contributed by atoms with Gasteiger partial charge in [0.2, 0.25) is 11.8 Å². The lowest BCUT2D eigenvalue weighted by Crippen LogP contribution is -2.42. The zero-order chi connectivity index (χ0) is 20.9. The summed E-state index contributed by atoms with van der Waals surface area (Å²) >= 11 is 0. The molecule has 2 aromatic carbocycles. The molecule has 4 rings (SSSR count). The molecule has 30 heavy (non-hydrogen) atoms. The summed E-state index contributed by atoms with van der Waals surface area (Å²) in [6.45, 7) is 1.14. The molecule has 0 radical (unpaired) electrons. The van der Waals surface area contributed by atoms with E-state index in [4.69, 9.17) is 5.26 Å². The smallest absolute Gasteiger partial charge is 0.249 e. The zero-order valence-corrected chi connectivity index (χ0v) is 16.4. The molecular formula is C23H21N5O2. The molecule has 2 heterocycles. The van der Waals surface area contributed by atoms with E-state index < -0.39 is 6.04 Å². The molecular weight excluding hydrogens is 378 g/mol. The molecule has 2 amide bonds. The SMILES string of the molecule is N#Cc1ccc(Cn2cncc2CC(=O)NC2CCN(c3ccccc3)C2=O)cc1. The van der Waals surface area contributed by atoms with Crippen LogP contribution in [0.25, 0.3) is 0 Å². The Balaban J connectivity index is 1.36. The summed E-state index contributed by atoms with van der Waals surface area (Å²) < 4.78 is 1.90. The highest BCUT2D eigenvalue weighted by atomic mass is 16.2. The minimum atomic E-state index is -0.507. The Labute approximate surface area is 174 Å². The molecule has 7 heteroatoms. The molecule has 3 aromatic rings. The molecule has 1 aromatic heterocycles. The first-order valence-corrected chi connectivity index (χ1v) is 9.78. The van der Waals surface area contributed by atoms with E-state index in [2.05, 4.69) is 16.4 Å². The average Bonchev–Trinajstić information content (AvgIpc) is 3.35. The van der Waals surface area contributed by atoms with Crippen molar-refractivity contribution in [1.82, 2.24) is 14.9 Å². The van der Waals surface area contributed by atoms with Crippen LogP contribution in [0.3, 0.4) is 0 Å². The Bertz CT molecular complexity index is 1080. The van der Waals surface area contributed by atoms with Crippen LogP contribution in [0.5, 0.6) is 0 Å². The predicted molar refractivity (Wildman–Crippen MR) is 112 cm³/mol. The lowest BCUT2D eigenvalue weighted by molar-refractivity contribution is -0.126. The molecule has 0 bridgehead atoms. The third kappa shape index (κ3) is 4.23. The van der Waals surface area contributed by atoms with Crippen LogP contribution in [0.15, 0.2) is 67.1 Å². The van der Waals surface area contributed by atoms with Gasteiger partial charge in [0.1, 0.15) is 6.04 Å². The number of rotatable bonds is 6. The van der Waals surface area contributed by atoms with Gasteiger partial charge in [0.25, 0.3) is 0 Å². The molecule has 0 spiro atoms. The minimum absolute atomic E-state index is 0.0827. The van der Waals surface area contributed by atoms with E-state index in [0.717, 1.165) is 16.9 Å². The van der Waals surface area contributed by atoms with Gasteiger partial charge in [0.05, 0.1) is 24.4 Å². The van der Waals surface area contributed by atoms with Gasteiger partial charge in [-0.05, 0) is 36.2 Å². The number of nitriles is 1. The van der Waals surface area contributed by atoms with E-state index >= 15 is 0 Å². The molecule has 150 valence electrons. The first-order chi connectivity index (χ1) is 14.6. The van der Waals surface area contributed by atoms with Crippen LogP contribution in [0.1, 0.15) is 23.2 Å². The fraction of sp³-hybridized carbons (Fsp3) is 0.217. The second-order valence-electron chi connectivity index (χ2n) is 7.23. The third-order valence-corrected chi connectivity index (χ3v) is 5.18. The third-order valence-electron chi connectivity index (χ3n) is 5.18. The first kappa shape index (κ1) is 19.4. The number of aromatic nitrogens is 2. The zero-order valence-electron chi connectivity index (χ0n) is 16.4. The maximum Gasteiger partial charge on any atom is 0.249 e. The van der Waals surface area contributed by atoms with Crippen molar-refractivity contribution in [1.29, 1.82) is 5.26 Å². The van der Waals surface area contributed by atoms with E-state index in [1.165, 1.54) is 0 Å². The van der Waals surface area contributed by atoms with Gasteiger partial charge in [0, 0.05) is 30.7 Å². The molecule has 1 aliphatic heterocycles. The van der Waals surface area contributed by atoms with Crippen LogP contribution in [-0.4, -0.2) is 34.0 Å². The van der Waals surface area contributed by atoms with Crippen LogP contribution in [-0.2, 0) is 22.6 Å². The summed E-state index contributed by atoms with van der Waals surface area (Å²) in [4.78, 5) is 31.1. The van der Waals surface area contributed by atoms with Crippen molar-refractivity contribution < 1.29 is 9.59 Å². The number of nitrogens with one attached hydrogen (secondary N) is 1. The summed E-state index contributed by atoms with van der Waals surface area (Å²) in [7, 11) is 0. The summed E-state index contributed by atoms with van der Waals surface area (Å²) in [5.74, 6) is -0.287. The fourth-order valence-corrected chi connectivity index (χ4v) is 3.61. The highest BCUT2D eigenvalue weighted by molar-refractivity contribution is 6.01. The average molecular weight is 399 g/mol. The lowest BCUT2D eigenvalue weighted by atomic mass is 10.1. The number of carbonyl (C=O) groups is 2. The Kier molecular flexibility index (Phi) is 5.57. The molecule has 0 saturated carbocycles. The number of hydrogen-bond acceptors (Lipinski definition) is 4. The highest BCUT2D eigenvalue weighted by Gasteiger charge is 2.33. The van der Waals surface area contributed by atoms with Crippen LogP contribution in [0, 0.1) is 11.3 Å². The molecule has 1 unspecified atom stereocenters. The number of nitrogens with zero attached hydrogens (tertiary/aromatic N) is 4. The summed E-state index contributed by atoms with van der Waals surface area (Å²) in [5, 5.41) is 11.8. The van der Waals surface area contributed by atoms with Crippen molar-refractivity contribution >= 4 is 17.5 Å². The second-order valence-corrected chi connectivity index (χ2v) is 7.23. The maximum absolute atomic E-state index is 12.7. The number of hydrogen-bond donors (Lipinski definition) is 1. The molecule has 1 saturated heterocycles. The van der Waals surface area contributed by atoms with Crippen molar-refractivity contribution in [3.05, 3.63) is 83.9 Å². The van der Waals surface area contributed by atoms with E-state index in [1.54, 1.807) is 29.6 Å². The van der Waals surface area contributed by atoms with Crippen molar-refractivity contribution in [3.63, 3.8) is 0 Å². The molecule has 1 atom stereocenters. The molecule has 0 aliphatic carbocycles. The highest BCUT2D eigenvalue weighted by Crippen LogP contribution is 2.21.